The van der Waals surface area contributed by atoms with Crippen LogP contribution < -0.4 is 0 Å². The summed E-state index contributed by atoms with van der Waals surface area (Å²) in [7, 11) is 0. The van der Waals surface area contributed by atoms with Gasteiger partial charge in [0.15, 0.2) is 0 Å². The molecule has 12 heavy (non-hydrogen) atoms. The molecule has 0 spiro atoms. The minimum absolute atomic E-state index is 0.213. The lowest BCUT2D eigenvalue weighted by molar-refractivity contribution is -0.134. The lowest BCUT2D eigenvalue weighted by Gasteiger charge is -1.96. The predicted molar refractivity (Wildman–Crippen MR) is 50.9 cm³/mol. The van der Waals surface area contributed by atoms with Crippen molar-refractivity contribution < 1.29 is 9.53 Å². The van der Waals surface area contributed by atoms with Crippen LogP contribution in [0.5, 0.6) is 0 Å². The number of carbonyl (C=O) groups excluding carboxylic acids is 1. The van der Waals surface area contributed by atoms with Gasteiger partial charge in [0.2, 0.25) is 0 Å². The molecule has 0 radical (unpaired) electrons. The van der Waals surface area contributed by atoms with Gasteiger partial charge in [-0.1, -0.05) is 11.6 Å². The van der Waals surface area contributed by atoms with Gasteiger partial charge in [-0.05, 0) is 13.8 Å². The fourth-order valence-corrected chi connectivity index (χ4v) is 1.71. The summed E-state index contributed by atoms with van der Waals surface area (Å²) in [4.78, 5) is 11.6. The number of allylic oxidation sites excluding steroid dienone is 1. The van der Waals surface area contributed by atoms with E-state index in [-0.39, 0.29) is 5.97 Å². The van der Waals surface area contributed by atoms with Crippen LogP contribution in [0.4, 0.5) is 0 Å². The summed E-state index contributed by atoms with van der Waals surface area (Å²) in [5, 5.41) is 0. The quantitative estimate of drug-likeness (QED) is 0.496. The number of esters is 1. The summed E-state index contributed by atoms with van der Waals surface area (Å²) in [6.07, 6.45) is 3.69. The van der Waals surface area contributed by atoms with E-state index >= 15 is 0 Å². The topological polar surface area (TPSA) is 26.3 Å². The van der Waals surface area contributed by atoms with Crippen molar-refractivity contribution in [2.45, 2.75) is 13.8 Å². The average molecular weight is 184 g/mol. The molecular weight excluding hydrogens is 172 g/mol. The molecule has 0 aromatic rings. The van der Waals surface area contributed by atoms with Crippen molar-refractivity contribution in [1.82, 2.24) is 0 Å². The summed E-state index contributed by atoms with van der Waals surface area (Å²) in [6, 6.07) is 0. The molecule has 0 bridgehead atoms. The van der Waals surface area contributed by atoms with Crippen molar-refractivity contribution in [2.24, 2.45) is 0 Å². The lowest BCUT2D eigenvalue weighted by atomic mass is 10.3. The van der Waals surface area contributed by atoms with Gasteiger partial charge in [0, 0.05) is 16.7 Å². The second-order valence-corrected chi connectivity index (χ2v) is 3.96. The Balaban J connectivity index is 2.29. The van der Waals surface area contributed by atoms with E-state index in [2.05, 4.69) is 19.9 Å². The molecule has 1 aliphatic heterocycles. The molecule has 3 heteroatoms. The Morgan fingerprint density at radius 1 is 1.75 bits per heavy atom. The maximum Gasteiger partial charge on any atom is 0.332 e. The zero-order valence-electron chi connectivity index (χ0n) is 7.29. The molecule has 0 saturated heterocycles. The van der Waals surface area contributed by atoms with E-state index in [4.69, 9.17) is 4.74 Å². The molecule has 66 valence electrons. The van der Waals surface area contributed by atoms with Crippen molar-refractivity contribution in [3.05, 3.63) is 22.6 Å². The van der Waals surface area contributed by atoms with E-state index in [0.717, 1.165) is 10.7 Å². The molecule has 2 nitrogen and oxygen atoms in total. The van der Waals surface area contributed by atoms with E-state index in [0.29, 0.717) is 6.61 Å². The van der Waals surface area contributed by atoms with Crippen molar-refractivity contribution >= 4 is 17.7 Å². The normalized spacial score (nSPS) is 15.5. The van der Waals surface area contributed by atoms with Gasteiger partial charge in [-0.2, -0.15) is 0 Å². The highest BCUT2D eigenvalue weighted by Gasteiger charge is 2.11. The number of carbonyl (C=O) groups is 1. The molecule has 1 rings (SSSR count). The molecule has 0 saturated carbocycles. The number of hydrogen-bond donors (Lipinski definition) is 0. The van der Waals surface area contributed by atoms with Gasteiger partial charge < -0.3 is 4.74 Å². The van der Waals surface area contributed by atoms with Crippen LogP contribution >= 0.6 is 11.8 Å². The van der Waals surface area contributed by atoms with Gasteiger partial charge in [-0.3, -0.25) is 0 Å². The summed E-state index contributed by atoms with van der Waals surface area (Å²) in [6.45, 7) is 4.58. The van der Waals surface area contributed by atoms with Gasteiger partial charge in [0.1, 0.15) is 6.61 Å². The van der Waals surface area contributed by atoms with E-state index in [1.165, 1.54) is 5.57 Å². The van der Waals surface area contributed by atoms with Gasteiger partial charge >= 0.3 is 5.97 Å². The van der Waals surface area contributed by atoms with Crippen LogP contribution in [0.2, 0.25) is 0 Å². The first-order valence-corrected chi connectivity index (χ1v) is 4.80. The molecule has 1 heterocycles. The highest BCUT2D eigenvalue weighted by atomic mass is 32.2. The second-order valence-electron chi connectivity index (χ2n) is 2.81. The van der Waals surface area contributed by atoms with E-state index in [9.17, 15) is 4.79 Å². The molecule has 0 aromatic carbocycles. The minimum atomic E-state index is -0.213. The Morgan fingerprint density at radius 2 is 2.50 bits per heavy atom. The van der Waals surface area contributed by atoms with Crippen LogP contribution in [0.1, 0.15) is 13.8 Å². The van der Waals surface area contributed by atoms with Crippen molar-refractivity contribution in [3.8, 4) is 0 Å². The van der Waals surface area contributed by atoms with Crippen LogP contribution in [0, 0.1) is 0 Å². The zero-order chi connectivity index (χ0) is 8.97. The van der Waals surface area contributed by atoms with Crippen LogP contribution in [-0.4, -0.2) is 18.3 Å². The van der Waals surface area contributed by atoms with Gasteiger partial charge in [-0.25, -0.2) is 4.79 Å². The number of rotatable bonds is 3. The third kappa shape index (κ3) is 3.13. The SMILES string of the molecule is CC(C)=CCSC1=CC(=O)OC1. The van der Waals surface area contributed by atoms with Gasteiger partial charge in [0.05, 0.1) is 0 Å². The highest BCUT2D eigenvalue weighted by Crippen LogP contribution is 2.20. The third-order valence-electron chi connectivity index (χ3n) is 1.40. The molecular formula is C9H12O2S. The lowest BCUT2D eigenvalue weighted by Crippen LogP contribution is -1.90. The Morgan fingerprint density at radius 3 is 3.00 bits per heavy atom. The van der Waals surface area contributed by atoms with Crippen LogP contribution in [0.15, 0.2) is 22.6 Å². The van der Waals surface area contributed by atoms with E-state index in [1.807, 2.05) is 0 Å². The maximum absolute atomic E-state index is 10.6. The number of thioether (sulfide) groups is 1. The fourth-order valence-electron chi connectivity index (χ4n) is 0.756. The van der Waals surface area contributed by atoms with Crippen LogP contribution in [0.3, 0.4) is 0 Å². The van der Waals surface area contributed by atoms with Crippen molar-refractivity contribution in [2.75, 3.05) is 12.4 Å². The number of ether oxygens (including phenoxy) is 1. The molecule has 1 aliphatic rings. The molecule has 0 unspecified atom stereocenters. The van der Waals surface area contributed by atoms with E-state index in [1.54, 1.807) is 17.8 Å². The standard InChI is InChI=1S/C9H12O2S/c1-7(2)3-4-12-8-5-9(10)11-6-8/h3,5H,4,6H2,1-2H3. The first-order chi connectivity index (χ1) is 5.68. The number of hydrogen-bond acceptors (Lipinski definition) is 3. The summed E-state index contributed by atoms with van der Waals surface area (Å²) < 4.78 is 4.75. The van der Waals surface area contributed by atoms with Gasteiger partial charge in [0.25, 0.3) is 0 Å². The number of cyclic esters (lactones) is 1. The molecule has 0 N–H and O–H groups in total. The van der Waals surface area contributed by atoms with Crippen LogP contribution in [-0.2, 0) is 9.53 Å². The van der Waals surface area contributed by atoms with Crippen molar-refractivity contribution in [1.29, 1.82) is 0 Å². The van der Waals surface area contributed by atoms with Crippen molar-refractivity contribution in [3.63, 3.8) is 0 Å². The fraction of sp³-hybridized carbons (Fsp3) is 0.444. The van der Waals surface area contributed by atoms with E-state index < -0.39 is 0 Å². The second kappa shape index (κ2) is 4.36. The maximum atomic E-state index is 10.6. The Kier molecular flexibility index (Phi) is 3.41. The first kappa shape index (κ1) is 9.39. The minimum Gasteiger partial charge on any atom is -0.457 e. The Bertz CT molecular complexity index is 237. The van der Waals surface area contributed by atoms with Crippen LogP contribution in [0.25, 0.3) is 0 Å². The largest absolute Gasteiger partial charge is 0.457 e. The highest BCUT2D eigenvalue weighted by molar-refractivity contribution is 8.03. The smallest absolute Gasteiger partial charge is 0.332 e. The third-order valence-corrected chi connectivity index (χ3v) is 2.34. The monoisotopic (exact) mass is 184 g/mol. The zero-order valence-corrected chi connectivity index (χ0v) is 8.11. The molecule has 0 fully saturated rings. The molecule has 0 amide bonds. The summed E-state index contributed by atoms with van der Waals surface area (Å²) >= 11 is 1.65. The molecule has 0 aromatic heterocycles. The summed E-state index contributed by atoms with van der Waals surface area (Å²) in [5.74, 6) is 0.708. The molecule has 0 aliphatic carbocycles. The predicted octanol–water partition coefficient (Wildman–Crippen LogP) is 2.13. The Labute approximate surface area is 76.7 Å². The first-order valence-electron chi connectivity index (χ1n) is 3.82. The average Bonchev–Trinajstić information content (AvgIpc) is 2.35. The van der Waals surface area contributed by atoms with Gasteiger partial charge in [-0.15, -0.1) is 11.8 Å². The summed E-state index contributed by atoms with van der Waals surface area (Å²) in [5.41, 5.74) is 1.30. The molecule has 0 atom stereocenters. The Hall–Kier alpha value is -0.700.